The van der Waals surface area contributed by atoms with Gasteiger partial charge in [0.15, 0.2) is 5.75 Å². The molecule has 0 aliphatic heterocycles. The van der Waals surface area contributed by atoms with Gasteiger partial charge in [-0.3, -0.25) is 0 Å². The second kappa shape index (κ2) is 6.39. The molecule has 0 atom stereocenters. The van der Waals surface area contributed by atoms with Crippen molar-refractivity contribution in [2.75, 3.05) is 5.73 Å². The Morgan fingerprint density at radius 1 is 1.04 bits per heavy atom. The Kier molecular flexibility index (Phi) is 4.26. The average molecular weight is 349 g/mol. The van der Waals surface area contributed by atoms with Crippen LogP contribution >= 0.6 is 0 Å². The molecule has 0 spiro atoms. The number of nitrogen functional groups attached to an aromatic ring is 1. The Bertz CT molecular complexity index is 891. The summed E-state index contributed by atoms with van der Waals surface area (Å²) in [5.74, 6) is 0.162. The topological polar surface area (TPSA) is 62.3 Å². The van der Waals surface area contributed by atoms with Crippen LogP contribution in [0.2, 0.25) is 0 Å². The number of hydrogen-bond acceptors (Lipinski definition) is 4. The SMILES string of the molecule is Cc1ccn(-c2ccc(N)cc2Oc2cccc(OC(F)(F)F)c2)n1. The maximum absolute atomic E-state index is 12.3. The smallest absolute Gasteiger partial charge is 0.455 e. The van der Waals surface area contributed by atoms with Crippen molar-refractivity contribution >= 4 is 5.69 Å². The van der Waals surface area contributed by atoms with Gasteiger partial charge in [0.1, 0.15) is 17.2 Å². The molecule has 0 fully saturated rings. The van der Waals surface area contributed by atoms with Crippen molar-refractivity contribution in [2.45, 2.75) is 13.3 Å². The molecule has 2 aromatic carbocycles. The molecule has 0 bridgehead atoms. The van der Waals surface area contributed by atoms with E-state index in [1.54, 1.807) is 29.1 Å². The van der Waals surface area contributed by atoms with Crippen LogP contribution in [0.5, 0.6) is 17.2 Å². The van der Waals surface area contributed by atoms with Crippen molar-refractivity contribution in [1.29, 1.82) is 0 Å². The van der Waals surface area contributed by atoms with Crippen LogP contribution in [0.15, 0.2) is 54.7 Å². The highest BCUT2D eigenvalue weighted by Crippen LogP contribution is 2.33. The van der Waals surface area contributed by atoms with E-state index in [1.807, 2.05) is 13.0 Å². The van der Waals surface area contributed by atoms with Crippen LogP contribution in [0.4, 0.5) is 18.9 Å². The molecule has 0 aliphatic carbocycles. The number of halogens is 3. The van der Waals surface area contributed by atoms with Gasteiger partial charge in [0.25, 0.3) is 0 Å². The monoisotopic (exact) mass is 349 g/mol. The number of rotatable bonds is 4. The summed E-state index contributed by atoms with van der Waals surface area (Å²) in [4.78, 5) is 0. The molecule has 1 aromatic heterocycles. The molecular formula is C17H14F3N3O2. The summed E-state index contributed by atoms with van der Waals surface area (Å²) >= 11 is 0. The molecule has 2 N–H and O–H groups in total. The molecule has 25 heavy (non-hydrogen) atoms. The number of aromatic nitrogens is 2. The first-order valence-corrected chi connectivity index (χ1v) is 7.26. The third-order valence-corrected chi connectivity index (χ3v) is 3.22. The Balaban J connectivity index is 1.93. The molecule has 0 radical (unpaired) electrons. The number of hydrogen-bond donors (Lipinski definition) is 1. The first-order chi connectivity index (χ1) is 11.8. The van der Waals surface area contributed by atoms with Crippen LogP contribution in [0.3, 0.4) is 0 Å². The van der Waals surface area contributed by atoms with Gasteiger partial charge in [-0.2, -0.15) is 5.10 Å². The molecule has 0 unspecified atom stereocenters. The Hall–Kier alpha value is -3.16. The lowest BCUT2D eigenvalue weighted by Crippen LogP contribution is -2.17. The van der Waals surface area contributed by atoms with Crippen molar-refractivity contribution in [2.24, 2.45) is 0 Å². The van der Waals surface area contributed by atoms with E-state index in [-0.39, 0.29) is 11.5 Å². The zero-order valence-electron chi connectivity index (χ0n) is 13.1. The second-order valence-electron chi connectivity index (χ2n) is 5.25. The second-order valence-corrected chi connectivity index (χ2v) is 5.25. The van der Waals surface area contributed by atoms with Crippen molar-refractivity contribution in [3.63, 3.8) is 0 Å². The van der Waals surface area contributed by atoms with Gasteiger partial charge in [-0.25, -0.2) is 4.68 Å². The van der Waals surface area contributed by atoms with Crippen molar-refractivity contribution in [1.82, 2.24) is 9.78 Å². The molecule has 3 rings (SSSR count). The van der Waals surface area contributed by atoms with Crippen LogP contribution in [0.25, 0.3) is 5.69 Å². The molecule has 5 nitrogen and oxygen atoms in total. The summed E-state index contributed by atoms with van der Waals surface area (Å²) in [5, 5.41) is 4.30. The lowest BCUT2D eigenvalue weighted by atomic mass is 10.2. The summed E-state index contributed by atoms with van der Waals surface area (Å²) in [6.45, 7) is 1.84. The van der Waals surface area contributed by atoms with Gasteiger partial charge in [0.2, 0.25) is 0 Å². The maximum atomic E-state index is 12.3. The summed E-state index contributed by atoms with van der Waals surface area (Å²) < 4.78 is 48.3. The van der Waals surface area contributed by atoms with E-state index >= 15 is 0 Å². The average Bonchev–Trinajstić information content (AvgIpc) is 2.92. The highest BCUT2D eigenvalue weighted by atomic mass is 19.4. The Morgan fingerprint density at radius 2 is 1.80 bits per heavy atom. The number of aryl methyl sites for hydroxylation is 1. The highest BCUT2D eigenvalue weighted by Gasteiger charge is 2.31. The van der Waals surface area contributed by atoms with Gasteiger partial charge in [0.05, 0.1) is 5.69 Å². The zero-order valence-corrected chi connectivity index (χ0v) is 13.1. The van der Waals surface area contributed by atoms with Crippen LogP contribution in [0, 0.1) is 6.92 Å². The molecule has 0 amide bonds. The van der Waals surface area contributed by atoms with E-state index in [0.29, 0.717) is 17.1 Å². The summed E-state index contributed by atoms with van der Waals surface area (Å²) in [6, 6.07) is 12.0. The third-order valence-electron chi connectivity index (χ3n) is 3.22. The van der Waals surface area contributed by atoms with Crippen molar-refractivity contribution in [3.8, 4) is 22.9 Å². The van der Waals surface area contributed by atoms with E-state index in [9.17, 15) is 13.2 Å². The first-order valence-electron chi connectivity index (χ1n) is 7.26. The van der Waals surface area contributed by atoms with Crippen molar-refractivity contribution in [3.05, 3.63) is 60.4 Å². The van der Waals surface area contributed by atoms with E-state index in [2.05, 4.69) is 9.84 Å². The highest BCUT2D eigenvalue weighted by molar-refractivity contribution is 5.57. The quantitative estimate of drug-likeness (QED) is 0.707. The number of alkyl halides is 3. The number of nitrogens with two attached hydrogens (primary N) is 1. The lowest BCUT2D eigenvalue weighted by molar-refractivity contribution is -0.274. The van der Waals surface area contributed by atoms with Crippen LogP contribution in [0.1, 0.15) is 5.69 Å². The minimum absolute atomic E-state index is 0.178. The fourth-order valence-electron chi connectivity index (χ4n) is 2.21. The predicted molar refractivity (Wildman–Crippen MR) is 85.9 cm³/mol. The normalized spacial score (nSPS) is 11.4. The fourth-order valence-corrected chi connectivity index (χ4v) is 2.21. The molecule has 0 aliphatic rings. The van der Waals surface area contributed by atoms with Gasteiger partial charge in [-0.05, 0) is 37.3 Å². The van der Waals surface area contributed by atoms with E-state index < -0.39 is 6.36 Å². The van der Waals surface area contributed by atoms with Crippen molar-refractivity contribution < 1.29 is 22.6 Å². The van der Waals surface area contributed by atoms with Gasteiger partial charge < -0.3 is 15.2 Å². The molecule has 130 valence electrons. The number of anilines is 1. The standard InChI is InChI=1S/C17H14F3N3O2/c1-11-7-8-23(22-11)15-6-5-12(21)9-16(15)24-13-3-2-4-14(10-13)25-17(18,19)20/h2-10H,21H2,1H3. The van der Waals surface area contributed by atoms with Crippen LogP contribution in [-0.2, 0) is 0 Å². The molecular weight excluding hydrogens is 335 g/mol. The minimum Gasteiger partial charge on any atom is -0.455 e. The summed E-state index contributed by atoms with van der Waals surface area (Å²) in [7, 11) is 0. The lowest BCUT2D eigenvalue weighted by Gasteiger charge is -2.13. The first kappa shape index (κ1) is 16.7. The maximum Gasteiger partial charge on any atom is 0.573 e. The number of ether oxygens (including phenoxy) is 2. The predicted octanol–water partition coefficient (Wildman–Crippen LogP) is 4.45. The number of benzene rings is 2. The summed E-state index contributed by atoms with van der Waals surface area (Å²) in [5.41, 5.74) is 7.65. The molecule has 1 heterocycles. The molecule has 8 heteroatoms. The third kappa shape index (κ3) is 4.23. The molecule has 0 saturated carbocycles. The zero-order chi connectivity index (χ0) is 18.0. The van der Waals surface area contributed by atoms with Gasteiger partial charge in [0, 0.05) is 24.0 Å². The molecule has 3 aromatic rings. The Morgan fingerprint density at radius 3 is 2.48 bits per heavy atom. The van der Waals surface area contributed by atoms with Crippen LogP contribution < -0.4 is 15.2 Å². The largest absolute Gasteiger partial charge is 0.573 e. The van der Waals surface area contributed by atoms with Gasteiger partial charge in [-0.1, -0.05) is 6.07 Å². The van der Waals surface area contributed by atoms with Crippen LogP contribution in [-0.4, -0.2) is 16.1 Å². The van der Waals surface area contributed by atoms with E-state index in [4.69, 9.17) is 10.5 Å². The van der Waals surface area contributed by atoms with E-state index in [1.165, 1.54) is 18.2 Å². The van der Waals surface area contributed by atoms with Gasteiger partial charge >= 0.3 is 6.36 Å². The number of nitrogens with zero attached hydrogens (tertiary/aromatic N) is 2. The minimum atomic E-state index is -4.77. The molecule has 0 saturated heterocycles. The van der Waals surface area contributed by atoms with Gasteiger partial charge in [-0.15, -0.1) is 13.2 Å². The Labute approximate surface area is 141 Å². The van der Waals surface area contributed by atoms with E-state index in [0.717, 1.165) is 11.8 Å². The fraction of sp³-hybridized carbons (Fsp3) is 0.118. The summed E-state index contributed by atoms with van der Waals surface area (Å²) in [6.07, 6.45) is -3.02.